The van der Waals surface area contributed by atoms with Gasteiger partial charge in [0.15, 0.2) is 0 Å². The van der Waals surface area contributed by atoms with E-state index >= 15 is 0 Å². The molecule has 0 aliphatic carbocycles. The molecule has 1 heterocycles. The van der Waals surface area contributed by atoms with Gasteiger partial charge in [-0.25, -0.2) is 4.90 Å². The van der Waals surface area contributed by atoms with Crippen molar-refractivity contribution < 1.29 is 9.59 Å². The van der Waals surface area contributed by atoms with E-state index < -0.39 is 11.8 Å². The molecule has 0 spiro atoms. The Morgan fingerprint density at radius 2 is 1.32 bits per heavy atom. The quantitative estimate of drug-likeness (QED) is 0.496. The summed E-state index contributed by atoms with van der Waals surface area (Å²) < 4.78 is 0. The van der Waals surface area contributed by atoms with Crippen LogP contribution in [0.25, 0.3) is 0 Å². The molecule has 5 heteroatoms. The topological polar surface area (TPSA) is 40.6 Å². The van der Waals surface area contributed by atoms with E-state index in [1.165, 1.54) is 4.90 Å². The van der Waals surface area contributed by atoms with Crippen LogP contribution in [0.5, 0.6) is 0 Å². The molecule has 3 aromatic carbocycles. The Morgan fingerprint density at radius 3 is 1.84 bits per heavy atom. The SMILES string of the molecule is Cc1ccc(N2C(=O)C(Cl)=C(N(Cc3ccccc3)Cc3ccccc3)C2=O)c(C)c1. The minimum Gasteiger partial charge on any atom is -0.357 e. The number of imide groups is 1. The summed E-state index contributed by atoms with van der Waals surface area (Å²) in [5.41, 5.74) is 4.77. The van der Waals surface area contributed by atoms with Crippen LogP contribution in [0.15, 0.2) is 89.6 Å². The first-order valence-corrected chi connectivity index (χ1v) is 10.5. The minimum atomic E-state index is -0.486. The fourth-order valence-corrected chi connectivity index (χ4v) is 4.15. The van der Waals surface area contributed by atoms with Gasteiger partial charge in [0, 0.05) is 13.1 Å². The average molecular weight is 431 g/mol. The van der Waals surface area contributed by atoms with Gasteiger partial charge >= 0.3 is 0 Å². The molecule has 0 atom stereocenters. The second-order valence-corrected chi connectivity index (χ2v) is 8.10. The summed E-state index contributed by atoms with van der Waals surface area (Å²) in [6.07, 6.45) is 0. The molecule has 0 saturated carbocycles. The van der Waals surface area contributed by atoms with E-state index in [4.69, 9.17) is 11.6 Å². The van der Waals surface area contributed by atoms with Gasteiger partial charge in [0.05, 0.1) is 5.69 Å². The highest BCUT2D eigenvalue weighted by Gasteiger charge is 2.41. The maximum Gasteiger partial charge on any atom is 0.283 e. The summed E-state index contributed by atoms with van der Waals surface area (Å²) >= 11 is 6.50. The second-order valence-electron chi connectivity index (χ2n) is 7.73. The van der Waals surface area contributed by atoms with E-state index in [0.717, 1.165) is 22.3 Å². The fraction of sp³-hybridized carbons (Fsp3) is 0.154. The summed E-state index contributed by atoms with van der Waals surface area (Å²) in [7, 11) is 0. The lowest BCUT2D eigenvalue weighted by Crippen LogP contribution is -2.35. The number of amides is 2. The molecule has 156 valence electrons. The highest BCUT2D eigenvalue weighted by molar-refractivity contribution is 6.52. The van der Waals surface area contributed by atoms with Gasteiger partial charge in [-0.15, -0.1) is 0 Å². The van der Waals surface area contributed by atoms with E-state index in [1.54, 1.807) is 6.07 Å². The highest BCUT2D eigenvalue weighted by Crippen LogP contribution is 2.34. The summed E-state index contributed by atoms with van der Waals surface area (Å²) in [5, 5.41) is -0.0446. The Bertz CT molecular complexity index is 1120. The summed E-state index contributed by atoms with van der Waals surface area (Å²) in [6.45, 7) is 4.78. The fourth-order valence-electron chi connectivity index (χ4n) is 3.86. The maximum atomic E-state index is 13.5. The smallest absolute Gasteiger partial charge is 0.283 e. The van der Waals surface area contributed by atoms with Crippen molar-refractivity contribution in [2.45, 2.75) is 26.9 Å². The molecule has 1 aliphatic heterocycles. The van der Waals surface area contributed by atoms with Crippen molar-refractivity contribution in [3.8, 4) is 0 Å². The van der Waals surface area contributed by atoms with Crippen LogP contribution in [-0.4, -0.2) is 16.7 Å². The second kappa shape index (κ2) is 8.78. The van der Waals surface area contributed by atoms with Gasteiger partial charge in [0.25, 0.3) is 11.8 Å². The van der Waals surface area contributed by atoms with E-state index in [0.29, 0.717) is 18.8 Å². The molecular formula is C26H23ClN2O2. The number of rotatable bonds is 6. The van der Waals surface area contributed by atoms with Crippen molar-refractivity contribution in [3.63, 3.8) is 0 Å². The Kier molecular flexibility index (Phi) is 5.92. The largest absolute Gasteiger partial charge is 0.357 e. The van der Waals surface area contributed by atoms with Gasteiger partial charge in [-0.05, 0) is 36.6 Å². The molecule has 4 nitrogen and oxygen atoms in total. The number of hydrogen-bond acceptors (Lipinski definition) is 3. The van der Waals surface area contributed by atoms with Crippen LogP contribution in [0.2, 0.25) is 0 Å². The monoisotopic (exact) mass is 430 g/mol. The van der Waals surface area contributed by atoms with Crippen molar-refractivity contribution in [3.05, 3.63) is 112 Å². The number of hydrogen-bond donors (Lipinski definition) is 0. The molecule has 2 amide bonds. The number of benzene rings is 3. The van der Waals surface area contributed by atoms with Crippen LogP contribution in [0.1, 0.15) is 22.3 Å². The number of nitrogens with zero attached hydrogens (tertiary/aromatic N) is 2. The highest BCUT2D eigenvalue weighted by atomic mass is 35.5. The molecule has 3 aromatic rings. The molecule has 31 heavy (non-hydrogen) atoms. The first-order chi connectivity index (χ1) is 15.0. The Hall–Kier alpha value is -3.37. The van der Waals surface area contributed by atoms with Crippen LogP contribution < -0.4 is 4.90 Å². The third-order valence-electron chi connectivity index (χ3n) is 5.35. The number of carbonyl (C=O) groups excluding carboxylic acids is 2. The van der Waals surface area contributed by atoms with Crippen molar-refractivity contribution in [2.75, 3.05) is 4.90 Å². The Morgan fingerprint density at radius 1 is 0.774 bits per heavy atom. The molecule has 0 saturated heterocycles. The van der Waals surface area contributed by atoms with Crippen LogP contribution in [-0.2, 0) is 22.7 Å². The van der Waals surface area contributed by atoms with Gasteiger partial charge in [-0.2, -0.15) is 0 Å². The normalized spacial score (nSPS) is 13.8. The zero-order valence-electron chi connectivity index (χ0n) is 17.5. The van der Waals surface area contributed by atoms with Gasteiger partial charge in [-0.1, -0.05) is 90.0 Å². The lowest BCUT2D eigenvalue weighted by atomic mass is 10.1. The van der Waals surface area contributed by atoms with Gasteiger partial charge in [-0.3, -0.25) is 9.59 Å². The molecule has 4 rings (SSSR count). The summed E-state index contributed by atoms with van der Waals surface area (Å²) in [4.78, 5) is 29.6. The third-order valence-corrected chi connectivity index (χ3v) is 5.69. The maximum absolute atomic E-state index is 13.5. The van der Waals surface area contributed by atoms with E-state index in [9.17, 15) is 9.59 Å². The van der Waals surface area contributed by atoms with E-state index in [1.807, 2.05) is 91.5 Å². The van der Waals surface area contributed by atoms with Gasteiger partial charge < -0.3 is 4.90 Å². The summed E-state index contributed by atoms with van der Waals surface area (Å²) in [6, 6.07) is 25.3. The molecular weight excluding hydrogens is 408 g/mol. The molecule has 0 aromatic heterocycles. The first kappa shape index (κ1) is 20.9. The van der Waals surface area contributed by atoms with Crippen LogP contribution in [0, 0.1) is 13.8 Å². The minimum absolute atomic E-state index is 0.0446. The molecule has 0 radical (unpaired) electrons. The van der Waals surface area contributed by atoms with Crippen LogP contribution in [0.4, 0.5) is 5.69 Å². The summed E-state index contributed by atoms with van der Waals surface area (Å²) in [5.74, 6) is -0.881. The van der Waals surface area contributed by atoms with Crippen LogP contribution in [0.3, 0.4) is 0 Å². The molecule has 0 fully saturated rings. The number of halogens is 1. The lowest BCUT2D eigenvalue weighted by molar-refractivity contribution is -0.121. The predicted molar refractivity (Wildman–Crippen MR) is 123 cm³/mol. The zero-order valence-corrected chi connectivity index (χ0v) is 18.3. The standard InChI is InChI=1S/C26H23ClN2O2/c1-18-13-14-22(19(2)15-18)29-25(30)23(27)24(26(29)31)28(16-20-9-5-3-6-10-20)17-21-11-7-4-8-12-21/h3-15H,16-17H2,1-2H3. The number of carbonyl (C=O) groups is 2. The molecule has 0 N–H and O–H groups in total. The lowest BCUT2D eigenvalue weighted by Gasteiger charge is -2.26. The van der Waals surface area contributed by atoms with Crippen LogP contribution >= 0.6 is 11.6 Å². The Balaban J connectivity index is 1.72. The first-order valence-electron chi connectivity index (χ1n) is 10.1. The van der Waals surface area contributed by atoms with E-state index in [2.05, 4.69) is 0 Å². The molecule has 0 unspecified atom stereocenters. The van der Waals surface area contributed by atoms with Gasteiger partial charge in [0.2, 0.25) is 0 Å². The zero-order chi connectivity index (χ0) is 22.0. The van der Waals surface area contributed by atoms with Crippen molar-refractivity contribution in [1.29, 1.82) is 0 Å². The van der Waals surface area contributed by atoms with Crippen molar-refractivity contribution in [1.82, 2.24) is 4.90 Å². The number of anilines is 1. The van der Waals surface area contributed by atoms with Crippen molar-refractivity contribution in [2.24, 2.45) is 0 Å². The average Bonchev–Trinajstić information content (AvgIpc) is 2.98. The molecule has 1 aliphatic rings. The third kappa shape index (κ3) is 4.25. The predicted octanol–water partition coefficient (Wildman–Crippen LogP) is 5.33. The van der Waals surface area contributed by atoms with Crippen molar-refractivity contribution >= 4 is 29.1 Å². The number of aryl methyl sites for hydroxylation is 2. The Labute approximate surface area is 187 Å². The van der Waals surface area contributed by atoms with E-state index in [-0.39, 0.29) is 10.7 Å². The van der Waals surface area contributed by atoms with Gasteiger partial charge in [0.1, 0.15) is 10.7 Å². The molecule has 0 bridgehead atoms.